The predicted octanol–water partition coefficient (Wildman–Crippen LogP) is 5.71. The Balaban J connectivity index is 1.88. The number of amides is 2. The van der Waals surface area contributed by atoms with Gasteiger partial charge >= 0.3 is 12.2 Å². The van der Waals surface area contributed by atoms with E-state index in [0.29, 0.717) is 18.2 Å². The van der Waals surface area contributed by atoms with Gasteiger partial charge in [0.2, 0.25) is 0 Å². The van der Waals surface area contributed by atoms with E-state index in [0.717, 1.165) is 16.0 Å². The fraction of sp³-hybridized carbons (Fsp3) is 0.407. The Morgan fingerprint density at radius 2 is 1.34 bits per heavy atom. The first-order valence-electron chi connectivity index (χ1n) is 11.7. The summed E-state index contributed by atoms with van der Waals surface area (Å²) >= 11 is 0. The Morgan fingerprint density at radius 3 is 1.86 bits per heavy atom. The van der Waals surface area contributed by atoms with Crippen molar-refractivity contribution in [2.75, 3.05) is 6.54 Å². The van der Waals surface area contributed by atoms with Crippen molar-refractivity contribution in [1.29, 1.82) is 0 Å². The third-order valence-corrected chi connectivity index (χ3v) is 4.74. The Hall–Kier alpha value is -3.68. The molecule has 3 rings (SSSR count). The largest absolute Gasteiger partial charge is 0.443 e. The number of nitrogens with zero attached hydrogens (tertiary/aromatic N) is 4. The van der Waals surface area contributed by atoms with Crippen LogP contribution in [0.2, 0.25) is 0 Å². The van der Waals surface area contributed by atoms with Gasteiger partial charge in [0.05, 0.1) is 6.54 Å². The molecule has 8 heteroatoms. The van der Waals surface area contributed by atoms with Gasteiger partial charge in [0.15, 0.2) is 5.82 Å². The monoisotopic (exact) mass is 478 g/mol. The number of carbonyl (C=O) groups excluding carboxylic acids is 2. The number of benzene rings is 2. The molecule has 0 radical (unpaired) electrons. The Kier molecular flexibility index (Phi) is 7.94. The third-order valence-electron chi connectivity index (χ3n) is 4.74. The summed E-state index contributed by atoms with van der Waals surface area (Å²) < 4.78 is 12.7. The lowest BCUT2D eigenvalue weighted by molar-refractivity contribution is 0.00159. The number of rotatable bonds is 6. The maximum atomic E-state index is 12.9. The van der Waals surface area contributed by atoms with Crippen molar-refractivity contribution in [1.82, 2.24) is 19.7 Å². The highest BCUT2D eigenvalue weighted by molar-refractivity contribution is 5.88. The van der Waals surface area contributed by atoms with Crippen LogP contribution in [0, 0.1) is 0 Å². The van der Waals surface area contributed by atoms with Gasteiger partial charge in [0, 0.05) is 18.5 Å². The van der Waals surface area contributed by atoms with Crippen LogP contribution in [-0.2, 0) is 22.4 Å². The lowest BCUT2D eigenvalue weighted by Gasteiger charge is -2.28. The number of hydrogen-bond donors (Lipinski definition) is 0. The molecule has 0 aliphatic carbocycles. The zero-order chi connectivity index (χ0) is 25.6. The molecule has 3 aromatic rings. The fourth-order valence-corrected chi connectivity index (χ4v) is 3.25. The van der Waals surface area contributed by atoms with Crippen molar-refractivity contribution >= 4 is 12.2 Å². The zero-order valence-corrected chi connectivity index (χ0v) is 21.3. The van der Waals surface area contributed by atoms with Crippen LogP contribution in [0.4, 0.5) is 9.59 Å². The molecule has 0 spiro atoms. The lowest BCUT2D eigenvalue weighted by atomic mass is 10.2. The van der Waals surface area contributed by atoms with Gasteiger partial charge < -0.3 is 9.47 Å². The van der Waals surface area contributed by atoms with E-state index in [1.54, 1.807) is 46.2 Å². The molecule has 0 unspecified atom stereocenters. The molecule has 0 saturated heterocycles. The Labute approximate surface area is 206 Å². The second-order valence-corrected chi connectivity index (χ2v) is 10.2. The summed E-state index contributed by atoms with van der Waals surface area (Å²) in [5, 5.41) is 4.72. The van der Waals surface area contributed by atoms with E-state index >= 15 is 0 Å². The van der Waals surface area contributed by atoms with Crippen molar-refractivity contribution in [3.63, 3.8) is 0 Å². The number of imide groups is 1. The topological polar surface area (TPSA) is 86.5 Å². The first-order valence-corrected chi connectivity index (χ1v) is 11.7. The van der Waals surface area contributed by atoms with Crippen LogP contribution in [0.5, 0.6) is 0 Å². The van der Waals surface area contributed by atoms with E-state index in [4.69, 9.17) is 19.6 Å². The third kappa shape index (κ3) is 7.95. The average Bonchev–Trinajstić information content (AvgIpc) is 3.15. The second kappa shape index (κ2) is 10.7. The molecule has 0 fully saturated rings. The van der Waals surface area contributed by atoms with Crippen LogP contribution >= 0.6 is 0 Å². The van der Waals surface area contributed by atoms with Crippen LogP contribution in [0.1, 0.15) is 52.9 Å². The summed E-state index contributed by atoms with van der Waals surface area (Å²) in [7, 11) is 0. The predicted molar refractivity (Wildman–Crippen MR) is 134 cm³/mol. The van der Waals surface area contributed by atoms with Crippen molar-refractivity contribution in [3.8, 4) is 11.4 Å². The minimum atomic E-state index is -0.760. The van der Waals surface area contributed by atoms with Crippen LogP contribution < -0.4 is 0 Å². The van der Waals surface area contributed by atoms with Gasteiger partial charge in [-0.15, -0.1) is 0 Å². The van der Waals surface area contributed by atoms with Gasteiger partial charge in [-0.2, -0.15) is 5.10 Å². The molecule has 186 valence electrons. The van der Waals surface area contributed by atoms with E-state index in [2.05, 4.69) is 0 Å². The molecule has 2 aromatic carbocycles. The minimum absolute atomic E-state index is 0.0333. The maximum absolute atomic E-state index is 12.9. The van der Waals surface area contributed by atoms with E-state index in [1.165, 1.54) is 0 Å². The first-order chi connectivity index (χ1) is 16.4. The lowest BCUT2D eigenvalue weighted by Crippen LogP contribution is -2.44. The van der Waals surface area contributed by atoms with Crippen molar-refractivity contribution in [2.24, 2.45) is 0 Å². The zero-order valence-electron chi connectivity index (χ0n) is 21.3. The van der Waals surface area contributed by atoms with Crippen LogP contribution in [0.3, 0.4) is 0 Å². The highest BCUT2D eigenvalue weighted by atomic mass is 16.6. The van der Waals surface area contributed by atoms with Gasteiger partial charge in [-0.25, -0.2) is 24.2 Å². The highest BCUT2D eigenvalue weighted by Gasteiger charge is 2.31. The van der Waals surface area contributed by atoms with E-state index < -0.39 is 23.4 Å². The molecule has 0 atom stereocenters. The average molecular weight is 479 g/mol. The number of ether oxygens (including phenoxy) is 2. The van der Waals surface area contributed by atoms with Crippen LogP contribution in [-0.4, -0.2) is 49.6 Å². The van der Waals surface area contributed by atoms with Gasteiger partial charge in [-0.3, -0.25) is 0 Å². The molecular weight excluding hydrogens is 444 g/mol. The van der Waals surface area contributed by atoms with Crippen molar-refractivity contribution in [2.45, 2.75) is 65.7 Å². The molecule has 35 heavy (non-hydrogen) atoms. The van der Waals surface area contributed by atoms with E-state index in [-0.39, 0.29) is 13.0 Å². The molecule has 1 heterocycles. The van der Waals surface area contributed by atoms with Gasteiger partial charge in [-0.1, -0.05) is 60.7 Å². The Morgan fingerprint density at radius 1 is 0.829 bits per heavy atom. The summed E-state index contributed by atoms with van der Waals surface area (Å²) in [5.74, 6) is 1.22. The van der Waals surface area contributed by atoms with Gasteiger partial charge in [0.25, 0.3) is 0 Å². The number of hydrogen-bond acceptors (Lipinski definition) is 6. The van der Waals surface area contributed by atoms with Crippen LogP contribution in [0.25, 0.3) is 11.4 Å². The van der Waals surface area contributed by atoms with Crippen molar-refractivity contribution < 1.29 is 19.1 Å². The summed E-state index contributed by atoms with van der Waals surface area (Å²) in [6.07, 6.45) is -1.24. The molecule has 8 nitrogen and oxygen atoms in total. The van der Waals surface area contributed by atoms with Gasteiger partial charge in [0.1, 0.15) is 17.0 Å². The smallest absolute Gasteiger partial charge is 0.419 e. The molecule has 0 aliphatic heterocycles. The van der Waals surface area contributed by atoms with E-state index in [9.17, 15) is 9.59 Å². The standard InChI is InChI=1S/C27H34N4O4/c1-26(2,3)34-24(32)30(25(33)35-27(4,5)6)18-17-22-28-23(21-15-11-8-12-16-21)29-31(22)19-20-13-9-7-10-14-20/h7-16H,17-19H2,1-6H3. The van der Waals surface area contributed by atoms with Crippen LogP contribution in [0.15, 0.2) is 60.7 Å². The number of carbonyl (C=O) groups is 2. The quantitative estimate of drug-likeness (QED) is 0.451. The molecule has 1 aromatic heterocycles. The minimum Gasteiger partial charge on any atom is -0.443 e. The Bertz CT molecular complexity index is 1100. The molecule has 0 N–H and O–H groups in total. The first kappa shape index (κ1) is 25.9. The summed E-state index contributed by atoms with van der Waals surface area (Å²) in [5.41, 5.74) is 0.433. The summed E-state index contributed by atoms with van der Waals surface area (Å²) in [4.78, 5) is 31.5. The molecule has 0 aliphatic rings. The second-order valence-electron chi connectivity index (χ2n) is 10.2. The summed E-state index contributed by atoms with van der Waals surface area (Å²) in [6, 6.07) is 19.6. The fourth-order valence-electron chi connectivity index (χ4n) is 3.25. The normalized spacial score (nSPS) is 11.7. The summed E-state index contributed by atoms with van der Waals surface area (Å²) in [6.45, 7) is 11.0. The number of aromatic nitrogens is 3. The SMILES string of the molecule is CC(C)(C)OC(=O)N(CCc1nc(-c2ccccc2)nn1Cc1ccccc1)C(=O)OC(C)(C)C. The molecule has 0 bridgehead atoms. The molecular formula is C27H34N4O4. The molecule has 0 saturated carbocycles. The van der Waals surface area contributed by atoms with Gasteiger partial charge in [-0.05, 0) is 47.1 Å². The highest BCUT2D eigenvalue weighted by Crippen LogP contribution is 2.19. The molecule has 2 amide bonds. The maximum Gasteiger partial charge on any atom is 0.419 e. The van der Waals surface area contributed by atoms with E-state index in [1.807, 2.05) is 60.7 Å². The van der Waals surface area contributed by atoms with Crippen molar-refractivity contribution in [3.05, 3.63) is 72.1 Å².